The van der Waals surface area contributed by atoms with E-state index in [4.69, 9.17) is 5.84 Å². The van der Waals surface area contributed by atoms with Crippen LogP contribution in [0.1, 0.15) is 44.2 Å². The summed E-state index contributed by atoms with van der Waals surface area (Å²) in [5, 5.41) is 0. The maximum Gasteiger partial charge on any atom is 0.0471 e. The molecule has 3 heteroatoms. The lowest BCUT2D eigenvalue weighted by molar-refractivity contribution is 0.485. The minimum atomic E-state index is 0.257. The quantitative estimate of drug-likeness (QED) is 0.472. The molecular formula is C12H19BrN2. The lowest BCUT2D eigenvalue weighted by Crippen LogP contribution is -2.28. The van der Waals surface area contributed by atoms with E-state index in [0.29, 0.717) is 0 Å². The SMILES string of the molecule is CCCCCC(NN)c1ccccc1Br. The number of nitrogens with two attached hydrogens (primary N) is 1. The molecule has 15 heavy (non-hydrogen) atoms. The minimum absolute atomic E-state index is 0.257. The molecule has 0 saturated heterocycles. The van der Waals surface area contributed by atoms with Crippen LogP contribution in [0.3, 0.4) is 0 Å². The topological polar surface area (TPSA) is 38.0 Å². The lowest BCUT2D eigenvalue weighted by Gasteiger charge is -2.17. The Kier molecular flexibility index (Phi) is 5.91. The van der Waals surface area contributed by atoms with Crippen molar-refractivity contribution >= 4 is 15.9 Å². The fourth-order valence-electron chi connectivity index (χ4n) is 1.68. The third kappa shape index (κ3) is 3.93. The van der Waals surface area contributed by atoms with Gasteiger partial charge in [0.2, 0.25) is 0 Å². The van der Waals surface area contributed by atoms with Crippen molar-refractivity contribution in [3.63, 3.8) is 0 Å². The number of rotatable bonds is 6. The molecule has 0 aliphatic rings. The van der Waals surface area contributed by atoms with Crippen LogP contribution in [-0.4, -0.2) is 0 Å². The number of benzene rings is 1. The predicted octanol–water partition coefficient (Wildman–Crippen LogP) is 3.53. The highest BCUT2D eigenvalue weighted by Crippen LogP contribution is 2.26. The van der Waals surface area contributed by atoms with Crippen LogP contribution >= 0.6 is 15.9 Å². The molecule has 0 aliphatic heterocycles. The van der Waals surface area contributed by atoms with Gasteiger partial charge in [-0.1, -0.05) is 60.3 Å². The Morgan fingerprint density at radius 2 is 2.07 bits per heavy atom. The van der Waals surface area contributed by atoms with E-state index in [1.54, 1.807) is 0 Å². The van der Waals surface area contributed by atoms with Gasteiger partial charge in [-0.05, 0) is 18.1 Å². The summed E-state index contributed by atoms with van der Waals surface area (Å²) in [5.41, 5.74) is 4.13. The molecule has 0 aliphatic carbocycles. The second-order valence-corrected chi connectivity index (χ2v) is 4.59. The first-order valence-corrected chi connectivity index (χ1v) is 6.29. The van der Waals surface area contributed by atoms with Crippen LogP contribution in [0.5, 0.6) is 0 Å². The van der Waals surface area contributed by atoms with E-state index in [0.717, 1.165) is 10.9 Å². The summed E-state index contributed by atoms with van der Waals surface area (Å²) in [5.74, 6) is 5.59. The summed E-state index contributed by atoms with van der Waals surface area (Å²) in [4.78, 5) is 0. The number of nitrogens with one attached hydrogen (secondary N) is 1. The predicted molar refractivity (Wildman–Crippen MR) is 68.3 cm³/mol. The Labute approximate surface area is 100 Å². The molecule has 1 unspecified atom stereocenters. The van der Waals surface area contributed by atoms with Crippen LogP contribution in [0.25, 0.3) is 0 Å². The normalized spacial score (nSPS) is 12.7. The third-order valence-electron chi connectivity index (χ3n) is 2.58. The van der Waals surface area contributed by atoms with Gasteiger partial charge in [0, 0.05) is 10.5 Å². The maximum absolute atomic E-state index is 5.59. The molecule has 0 bridgehead atoms. The number of hydrogen-bond acceptors (Lipinski definition) is 2. The van der Waals surface area contributed by atoms with Gasteiger partial charge in [-0.25, -0.2) is 0 Å². The fourth-order valence-corrected chi connectivity index (χ4v) is 2.25. The van der Waals surface area contributed by atoms with Gasteiger partial charge in [0.15, 0.2) is 0 Å². The van der Waals surface area contributed by atoms with Crippen LogP contribution in [0, 0.1) is 0 Å². The Bertz CT molecular complexity index is 289. The van der Waals surface area contributed by atoms with Gasteiger partial charge in [-0.3, -0.25) is 11.3 Å². The standard InChI is InChI=1S/C12H19BrN2/c1-2-3-4-9-12(15-14)10-7-5-6-8-11(10)13/h5-8,12,15H,2-4,9,14H2,1H3. The van der Waals surface area contributed by atoms with E-state index >= 15 is 0 Å². The Morgan fingerprint density at radius 1 is 1.33 bits per heavy atom. The van der Waals surface area contributed by atoms with E-state index in [1.165, 1.54) is 24.8 Å². The highest BCUT2D eigenvalue weighted by molar-refractivity contribution is 9.10. The number of hydrazine groups is 1. The van der Waals surface area contributed by atoms with Crippen molar-refractivity contribution < 1.29 is 0 Å². The molecule has 1 aromatic rings. The summed E-state index contributed by atoms with van der Waals surface area (Å²) >= 11 is 3.55. The molecule has 0 heterocycles. The summed E-state index contributed by atoms with van der Waals surface area (Å²) in [6.45, 7) is 2.21. The van der Waals surface area contributed by atoms with Gasteiger partial charge in [0.1, 0.15) is 0 Å². The fraction of sp³-hybridized carbons (Fsp3) is 0.500. The van der Waals surface area contributed by atoms with Gasteiger partial charge in [0.05, 0.1) is 0 Å². The molecule has 0 radical (unpaired) electrons. The van der Waals surface area contributed by atoms with Crippen LogP contribution in [0.2, 0.25) is 0 Å². The van der Waals surface area contributed by atoms with E-state index in [1.807, 2.05) is 12.1 Å². The van der Waals surface area contributed by atoms with Gasteiger partial charge in [-0.2, -0.15) is 0 Å². The van der Waals surface area contributed by atoms with Crippen molar-refractivity contribution in [2.45, 2.75) is 38.6 Å². The van der Waals surface area contributed by atoms with Crippen molar-refractivity contribution in [3.05, 3.63) is 34.3 Å². The number of halogens is 1. The van der Waals surface area contributed by atoms with Crippen LogP contribution in [0.4, 0.5) is 0 Å². The van der Waals surface area contributed by atoms with Crippen LogP contribution < -0.4 is 11.3 Å². The molecule has 0 aromatic heterocycles. The smallest absolute Gasteiger partial charge is 0.0471 e. The van der Waals surface area contributed by atoms with Crippen molar-refractivity contribution in [1.29, 1.82) is 0 Å². The number of unbranched alkanes of at least 4 members (excludes halogenated alkanes) is 2. The van der Waals surface area contributed by atoms with E-state index < -0.39 is 0 Å². The first-order chi connectivity index (χ1) is 7.29. The zero-order valence-corrected chi connectivity index (χ0v) is 10.8. The molecule has 2 nitrogen and oxygen atoms in total. The minimum Gasteiger partial charge on any atom is -0.271 e. The Morgan fingerprint density at radius 3 is 2.67 bits per heavy atom. The summed E-state index contributed by atoms with van der Waals surface area (Å²) in [6, 6.07) is 8.49. The lowest BCUT2D eigenvalue weighted by atomic mass is 10.0. The zero-order valence-electron chi connectivity index (χ0n) is 9.17. The first kappa shape index (κ1) is 12.7. The monoisotopic (exact) mass is 270 g/mol. The average Bonchev–Trinajstić information content (AvgIpc) is 2.26. The molecule has 3 N–H and O–H groups in total. The van der Waals surface area contributed by atoms with Gasteiger partial charge >= 0.3 is 0 Å². The largest absolute Gasteiger partial charge is 0.271 e. The second kappa shape index (κ2) is 6.99. The van der Waals surface area contributed by atoms with Crippen LogP contribution in [-0.2, 0) is 0 Å². The average molecular weight is 271 g/mol. The molecule has 1 rings (SSSR count). The van der Waals surface area contributed by atoms with Crippen molar-refractivity contribution in [2.75, 3.05) is 0 Å². The summed E-state index contributed by atoms with van der Waals surface area (Å²) < 4.78 is 1.13. The summed E-state index contributed by atoms with van der Waals surface area (Å²) in [7, 11) is 0. The maximum atomic E-state index is 5.59. The van der Waals surface area contributed by atoms with Crippen molar-refractivity contribution in [2.24, 2.45) is 5.84 Å². The molecule has 1 atom stereocenters. The van der Waals surface area contributed by atoms with E-state index in [-0.39, 0.29) is 6.04 Å². The van der Waals surface area contributed by atoms with Crippen molar-refractivity contribution in [3.8, 4) is 0 Å². The molecular weight excluding hydrogens is 252 g/mol. The Balaban J connectivity index is 2.61. The zero-order chi connectivity index (χ0) is 11.1. The van der Waals surface area contributed by atoms with Gasteiger partial charge < -0.3 is 0 Å². The van der Waals surface area contributed by atoms with Gasteiger partial charge in [0.25, 0.3) is 0 Å². The van der Waals surface area contributed by atoms with E-state index in [9.17, 15) is 0 Å². The van der Waals surface area contributed by atoms with Gasteiger partial charge in [-0.15, -0.1) is 0 Å². The number of hydrogen-bond donors (Lipinski definition) is 2. The Hall–Kier alpha value is -0.380. The highest BCUT2D eigenvalue weighted by atomic mass is 79.9. The second-order valence-electron chi connectivity index (χ2n) is 3.74. The molecule has 0 saturated carbocycles. The molecule has 0 fully saturated rings. The van der Waals surface area contributed by atoms with Crippen LogP contribution in [0.15, 0.2) is 28.7 Å². The highest BCUT2D eigenvalue weighted by Gasteiger charge is 2.11. The van der Waals surface area contributed by atoms with E-state index in [2.05, 4.69) is 40.4 Å². The first-order valence-electron chi connectivity index (χ1n) is 5.50. The molecule has 0 amide bonds. The molecule has 1 aromatic carbocycles. The van der Waals surface area contributed by atoms with Crippen molar-refractivity contribution in [1.82, 2.24) is 5.43 Å². The molecule has 0 spiro atoms. The summed E-state index contributed by atoms with van der Waals surface area (Å²) in [6.07, 6.45) is 4.82. The molecule has 84 valence electrons. The third-order valence-corrected chi connectivity index (χ3v) is 3.30.